The third-order valence-corrected chi connectivity index (χ3v) is 3.88. The molecular weight excluding hydrogens is 218 g/mol. The smallest absolute Gasteiger partial charge is 0.142 e. The molecular formula is C12H13N3S. The van der Waals surface area contributed by atoms with Crippen LogP contribution in [-0.2, 0) is 6.54 Å². The average Bonchev–Trinajstić information content (AvgIpc) is 3.10. The Balaban J connectivity index is 2.02. The van der Waals surface area contributed by atoms with Crippen molar-refractivity contribution in [2.45, 2.75) is 25.3 Å². The maximum Gasteiger partial charge on any atom is 0.142 e. The Bertz CT molecular complexity index is 488. The SMILES string of the molecule is NCc1sc(-c2ccccn2)nc1C1CC1. The Hall–Kier alpha value is -1.26. The molecule has 0 amide bonds. The van der Waals surface area contributed by atoms with Crippen molar-refractivity contribution in [3.8, 4) is 10.7 Å². The predicted octanol–water partition coefficient (Wildman–Crippen LogP) is 2.54. The summed E-state index contributed by atoms with van der Waals surface area (Å²) in [6.07, 6.45) is 4.33. The van der Waals surface area contributed by atoms with Crippen LogP contribution in [0.2, 0.25) is 0 Å². The van der Waals surface area contributed by atoms with Gasteiger partial charge >= 0.3 is 0 Å². The Morgan fingerprint density at radius 3 is 2.88 bits per heavy atom. The van der Waals surface area contributed by atoms with E-state index in [9.17, 15) is 0 Å². The molecule has 4 heteroatoms. The number of nitrogens with zero attached hydrogens (tertiary/aromatic N) is 2. The third kappa shape index (κ3) is 1.74. The Morgan fingerprint density at radius 2 is 2.25 bits per heavy atom. The fourth-order valence-electron chi connectivity index (χ4n) is 1.78. The Morgan fingerprint density at radius 1 is 1.38 bits per heavy atom. The second-order valence-electron chi connectivity index (χ2n) is 4.02. The Labute approximate surface area is 98.4 Å². The molecule has 0 spiro atoms. The van der Waals surface area contributed by atoms with Crippen molar-refractivity contribution >= 4 is 11.3 Å². The van der Waals surface area contributed by atoms with Gasteiger partial charge in [0.2, 0.25) is 0 Å². The highest BCUT2D eigenvalue weighted by atomic mass is 32.1. The van der Waals surface area contributed by atoms with Crippen molar-refractivity contribution in [2.75, 3.05) is 0 Å². The molecule has 2 heterocycles. The van der Waals surface area contributed by atoms with Crippen LogP contribution in [0.15, 0.2) is 24.4 Å². The minimum Gasteiger partial charge on any atom is -0.326 e. The molecule has 2 aromatic rings. The first-order valence-corrected chi connectivity index (χ1v) is 6.31. The standard InChI is InChI=1S/C12H13N3S/c13-7-10-11(8-4-5-8)15-12(16-10)9-3-1-2-6-14-9/h1-3,6,8H,4-5,7,13H2. The molecule has 2 aromatic heterocycles. The van der Waals surface area contributed by atoms with Crippen molar-refractivity contribution in [3.63, 3.8) is 0 Å². The summed E-state index contributed by atoms with van der Waals surface area (Å²) in [4.78, 5) is 10.2. The molecule has 82 valence electrons. The van der Waals surface area contributed by atoms with Gasteiger partial charge in [-0.2, -0.15) is 0 Å². The number of hydrogen-bond donors (Lipinski definition) is 1. The molecule has 1 fully saturated rings. The molecule has 0 aromatic carbocycles. The highest BCUT2D eigenvalue weighted by Crippen LogP contribution is 2.43. The first-order chi connectivity index (χ1) is 7.88. The normalized spacial score (nSPS) is 15.3. The summed E-state index contributed by atoms with van der Waals surface area (Å²) in [5.41, 5.74) is 7.93. The van der Waals surface area contributed by atoms with E-state index in [2.05, 4.69) is 9.97 Å². The van der Waals surface area contributed by atoms with E-state index in [1.54, 1.807) is 17.5 Å². The number of thiazole rings is 1. The maximum absolute atomic E-state index is 5.76. The summed E-state index contributed by atoms with van der Waals surface area (Å²) in [7, 11) is 0. The summed E-state index contributed by atoms with van der Waals surface area (Å²) >= 11 is 1.68. The highest BCUT2D eigenvalue weighted by Gasteiger charge is 2.29. The quantitative estimate of drug-likeness (QED) is 0.883. The number of pyridine rings is 1. The topological polar surface area (TPSA) is 51.8 Å². The second kappa shape index (κ2) is 3.96. The van der Waals surface area contributed by atoms with Gasteiger partial charge in [-0.15, -0.1) is 11.3 Å². The summed E-state index contributed by atoms with van der Waals surface area (Å²) in [5, 5.41) is 1.00. The minimum atomic E-state index is 0.594. The first-order valence-electron chi connectivity index (χ1n) is 5.49. The van der Waals surface area contributed by atoms with Gasteiger partial charge in [0.05, 0.1) is 11.4 Å². The minimum absolute atomic E-state index is 0.594. The fraction of sp³-hybridized carbons (Fsp3) is 0.333. The van der Waals surface area contributed by atoms with Crippen molar-refractivity contribution in [2.24, 2.45) is 5.73 Å². The van der Waals surface area contributed by atoms with E-state index in [-0.39, 0.29) is 0 Å². The highest BCUT2D eigenvalue weighted by molar-refractivity contribution is 7.15. The summed E-state index contributed by atoms with van der Waals surface area (Å²) < 4.78 is 0. The van der Waals surface area contributed by atoms with Gasteiger partial charge in [0, 0.05) is 23.5 Å². The zero-order valence-electron chi connectivity index (χ0n) is 8.89. The van der Waals surface area contributed by atoms with Gasteiger partial charge in [0.25, 0.3) is 0 Å². The largest absolute Gasteiger partial charge is 0.326 e. The van der Waals surface area contributed by atoms with Crippen LogP contribution in [0.5, 0.6) is 0 Å². The molecule has 3 nitrogen and oxygen atoms in total. The molecule has 0 radical (unpaired) electrons. The van der Waals surface area contributed by atoms with E-state index in [0.717, 1.165) is 10.7 Å². The second-order valence-corrected chi connectivity index (χ2v) is 5.10. The number of nitrogens with two attached hydrogens (primary N) is 1. The van der Waals surface area contributed by atoms with E-state index < -0.39 is 0 Å². The van der Waals surface area contributed by atoms with Gasteiger partial charge in [-0.25, -0.2) is 4.98 Å². The lowest BCUT2D eigenvalue weighted by Crippen LogP contribution is -1.96. The van der Waals surface area contributed by atoms with E-state index in [1.165, 1.54) is 23.4 Å². The zero-order valence-corrected chi connectivity index (χ0v) is 9.70. The fourth-order valence-corrected chi connectivity index (χ4v) is 2.79. The number of rotatable bonds is 3. The molecule has 0 atom stereocenters. The van der Waals surface area contributed by atoms with Crippen LogP contribution < -0.4 is 5.73 Å². The molecule has 16 heavy (non-hydrogen) atoms. The summed E-state index contributed by atoms with van der Waals surface area (Å²) in [6.45, 7) is 0.594. The molecule has 0 bridgehead atoms. The van der Waals surface area contributed by atoms with Crippen molar-refractivity contribution < 1.29 is 0 Å². The number of hydrogen-bond acceptors (Lipinski definition) is 4. The van der Waals surface area contributed by atoms with Crippen molar-refractivity contribution in [1.29, 1.82) is 0 Å². The monoisotopic (exact) mass is 231 g/mol. The zero-order chi connectivity index (χ0) is 11.0. The molecule has 0 saturated heterocycles. The lowest BCUT2D eigenvalue weighted by Gasteiger charge is -1.93. The van der Waals surface area contributed by atoms with Gasteiger partial charge in [-0.05, 0) is 25.0 Å². The van der Waals surface area contributed by atoms with Gasteiger partial charge in [-0.3, -0.25) is 4.98 Å². The van der Waals surface area contributed by atoms with Crippen LogP contribution >= 0.6 is 11.3 Å². The molecule has 0 unspecified atom stereocenters. The van der Waals surface area contributed by atoms with Gasteiger partial charge in [0.1, 0.15) is 5.01 Å². The molecule has 1 aliphatic rings. The lowest BCUT2D eigenvalue weighted by atomic mass is 10.2. The van der Waals surface area contributed by atoms with Crippen LogP contribution in [0.3, 0.4) is 0 Å². The molecule has 0 aliphatic heterocycles. The van der Waals surface area contributed by atoms with Gasteiger partial charge < -0.3 is 5.73 Å². The first kappa shape index (κ1) is 9.93. The average molecular weight is 231 g/mol. The van der Waals surface area contributed by atoms with Crippen LogP contribution in [0.1, 0.15) is 29.3 Å². The molecule has 1 saturated carbocycles. The van der Waals surface area contributed by atoms with Crippen LogP contribution in [0, 0.1) is 0 Å². The van der Waals surface area contributed by atoms with Crippen LogP contribution in [0.4, 0.5) is 0 Å². The third-order valence-electron chi connectivity index (χ3n) is 2.76. The predicted molar refractivity (Wildman–Crippen MR) is 65.2 cm³/mol. The van der Waals surface area contributed by atoms with Crippen LogP contribution in [-0.4, -0.2) is 9.97 Å². The molecule has 3 rings (SSSR count). The summed E-state index contributed by atoms with van der Waals surface area (Å²) in [5.74, 6) is 0.660. The number of aromatic nitrogens is 2. The molecule has 1 aliphatic carbocycles. The Kier molecular flexibility index (Phi) is 2.46. The van der Waals surface area contributed by atoms with E-state index >= 15 is 0 Å². The lowest BCUT2D eigenvalue weighted by molar-refractivity contribution is 0.978. The van der Waals surface area contributed by atoms with E-state index in [1.807, 2.05) is 18.2 Å². The molecule has 2 N–H and O–H groups in total. The maximum atomic E-state index is 5.76. The van der Waals surface area contributed by atoms with Gasteiger partial charge in [0.15, 0.2) is 0 Å². The summed E-state index contributed by atoms with van der Waals surface area (Å²) in [6, 6.07) is 5.90. The van der Waals surface area contributed by atoms with Crippen molar-refractivity contribution in [1.82, 2.24) is 9.97 Å². The van der Waals surface area contributed by atoms with Crippen molar-refractivity contribution in [3.05, 3.63) is 35.0 Å². The van der Waals surface area contributed by atoms with E-state index in [4.69, 9.17) is 5.73 Å². The van der Waals surface area contributed by atoms with E-state index in [0.29, 0.717) is 12.5 Å². The van der Waals surface area contributed by atoms with Crippen LogP contribution in [0.25, 0.3) is 10.7 Å². The van der Waals surface area contributed by atoms with Gasteiger partial charge in [-0.1, -0.05) is 6.07 Å².